The molecule has 0 radical (unpaired) electrons. The number of ether oxygens (including phenoxy) is 6. The van der Waals surface area contributed by atoms with E-state index < -0.39 is 12.4 Å². The molecule has 35 heavy (non-hydrogen) atoms. The predicted molar refractivity (Wildman–Crippen MR) is 137 cm³/mol. The molecule has 1 aliphatic heterocycles. The van der Waals surface area contributed by atoms with Crippen LogP contribution in [0.1, 0.15) is 87.0 Å². The van der Waals surface area contributed by atoms with Crippen molar-refractivity contribution in [1.82, 2.24) is 0 Å². The molecule has 1 saturated heterocycles. The fourth-order valence-electron chi connectivity index (χ4n) is 6.83. The molecule has 1 aromatic carbocycles. The van der Waals surface area contributed by atoms with Crippen molar-refractivity contribution in [2.45, 2.75) is 96.2 Å². The molecule has 1 heterocycles. The summed E-state index contributed by atoms with van der Waals surface area (Å²) >= 11 is 0. The molecule has 0 amide bonds. The maximum Gasteiger partial charge on any atom is 0.229 e. The maximum absolute atomic E-state index is 6.76. The summed E-state index contributed by atoms with van der Waals surface area (Å²) in [4.78, 5) is 0. The lowest BCUT2D eigenvalue weighted by molar-refractivity contribution is -0.259. The number of hydrogen-bond acceptors (Lipinski definition) is 6. The lowest BCUT2D eigenvalue weighted by atomic mass is 9.62. The van der Waals surface area contributed by atoms with Gasteiger partial charge in [-0.05, 0) is 74.5 Å². The second kappa shape index (κ2) is 10.8. The number of methoxy groups -OCH3 is 4. The van der Waals surface area contributed by atoms with Gasteiger partial charge in [-0.3, -0.25) is 0 Å². The summed E-state index contributed by atoms with van der Waals surface area (Å²) in [6.45, 7) is 11.7. The average molecular weight is 489 g/mol. The lowest BCUT2D eigenvalue weighted by Crippen LogP contribution is -2.57. The van der Waals surface area contributed by atoms with Crippen LogP contribution in [0.25, 0.3) is 0 Å². The second-order valence-corrected chi connectivity index (χ2v) is 10.9. The summed E-state index contributed by atoms with van der Waals surface area (Å²) < 4.78 is 36.2. The van der Waals surface area contributed by atoms with E-state index in [9.17, 15) is 0 Å². The number of rotatable bonds is 7. The van der Waals surface area contributed by atoms with E-state index in [1.807, 2.05) is 0 Å². The van der Waals surface area contributed by atoms with E-state index in [1.165, 1.54) is 40.7 Å². The minimum atomic E-state index is -0.624. The minimum Gasteiger partial charge on any atom is -0.493 e. The van der Waals surface area contributed by atoms with E-state index in [4.69, 9.17) is 28.4 Å². The zero-order valence-corrected chi connectivity index (χ0v) is 23.0. The number of allylic oxidation sites excluding steroid dienone is 2. The Labute approximate surface area is 211 Å². The van der Waals surface area contributed by atoms with Crippen molar-refractivity contribution in [1.29, 1.82) is 0 Å². The van der Waals surface area contributed by atoms with Gasteiger partial charge in [-0.25, -0.2) is 0 Å². The topological polar surface area (TPSA) is 55.4 Å². The molecule has 8 unspecified atom stereocenters. The van der Waals surface area contributed by atoms with Crippen molar-refractivity contribution in [2.75, 3.05) is 35.0 Å². The minimum absolute atomic E-state index is 0.218. The zero-order chi connectivity index (χ0) is 25.4. The summed E-state index contributed by atoms with van der Waals surface area (Å²) in [5.41, 5.74) is 6.76. The van der Waals surface area contributed by atoms with E-state index in [-0.39, 0.29) is 12.2 Å². The van der Waals surface area contributed by atoms with Crippen LogP contribution in [0.2, 0.25) is 0 Å². The van der Waals surface area contributed by atoms with Gasteiger partial charge in [-0.2, -0.15) is 0 Å². The molecular weight excluding hydrogens is 444 g/mol. The van der Waals surface area contributed by atoms with Gasteiger partial charge < -0.3 is 28.4 Å². The quantitative estimate of drug-likeness (QED) is 0.449. The van der Waals surface area contributed by atoms with Crippen LogP contribution in [0, 0.1) is 12.8 Å². The molecule has 0 spiro atoms. The van der Waals surface area contributed by atoms with E-state index in [1.54, 1.807) is 28.4 Å². The first-order valence-electron chi connectivity index (χ1n) is 13.0. The van der Waals surface area contributed by atoms with Crippen molar-refractivity contribution in [3.05, 3.63) is 33.9 Å². The first-order valence-corrected chi connectivity index (χ1v) is 13.0. The molecule has 0 aromatic heterocycles. The molecule has 2 aliphatic carbocycles. The van der Waals surface area contributed by atoms with Gasteiger partial charge >= 0.3 is 0 Å². The Kier molecular flexibility index (Phi) is 8.16. The summed E-state index contributed by atoms with van der Waals surface area (Å²) in [7, 11) is 6.75. The van der Waals surface area contributed by atoms with Gasteiger partial charge in [0.05, 0.1) is 13.7 Å². The Morgan fingerprint density at radius 1 is 0.886 bits per heavy atom. The smallest absolute Gasteiger partial charge is 0.229 e. The van der Waals surface area contributed by atoms with E-state index in [0.717, 1.165) is 17.9 Å². The molecule has 6 nitrogen and oxygen atoms in total. The largest absolute Gasteiger partial charge is 0.493 e. The molecule has 4 rings (SSSR count). The average Bonchev–Trinajstić information content (AvgIpc) is 2.82. The van der Waals surface area contributed by atoms with Gasteiger partial charge in [-0.1, -0.05) is 25.5 Å². The molecule has 1 fully saturated rings. The van der Waals surface area contributed by atoms with Crippen molar-refractivity contribution in [2.24, 2.45) is 5.92 Å². The fraction of sp³-hybridized carbons (Fsp3) is 0.724. The summed E-state index contributed by atoms with van der Waals surface area (Å²) in [6, 6.07) is 0. The van der Waals surface area contributed by atoms with Gasteiger partial charge in [0.25, 0.3) is 0 Å². The highest BCUT2D eigenvalue weighted by atomic mass is 16.7. The van der Waals surface area contributed by atoms with Crippen molar-refractivity contribution >= 4 is 0 Å². The second-order valence-electron chi connectivity index (χ2n) is 10.9. The van der Waals surface area contributed by atoms with E-state index in [2.05, 4.69) is 40.7 Å². The van der Waals surface area contributed by atoms with Gasteiger partial charge in [0.2, 0.25) is 6.29 Å². The van der Waals surface area contributed by atoms with Crippen molar-refractivity contribution in [3.8, 4) is 11.5 Å². The Balaban J connectivity index is 1.86. The third-order valence-electron chi connectivity index (χ3n) is 8.44. The first-order chi connectivity index (χ1) is 16.8. The van der Waals surface area contributed by atoms with Crippen LogP contribution in [0.4, 0.5) is 0 Å². The van der Waals surface area contributed by atoms with Gasteiger partial charge in [0.15, 0.2) is 11.5 Å². The predicted octanol–water partition coefficient (Wildman–Crippen LogP) is 5.85. The Morgan fingerprint density at radius 2 is 1.60 bits per heavy atom. The summed E-state index contributed by atoms with van der Waals surface area (Å²) in [5, 5.41) is 0. The Hall–Kier alpha value is -1.60. The van der Waals surface area contributed by atoms with Gasteiger partial charge in [0.1, 0.15) is 18.3 Å². The van der Waals surface area contributed by atoms with Crippen molar-refractivity contribution < 1.29 is 28.4 Å². The lowest BCUT2D eigenvalue weighted by Gasteiger charge is -2.45. The maximum atomic E-state index is 6.76. The highest BCUT2D eigenvalue weighted by molar-refractivity contribution is 5.65. The van der Waals surface area contributed by atoms with Crippen LogP contribution >= 0.6 is 0 Å². The Morgan fingerprint density at radius 3 is 2.20 bits per heavy atom. The third kappa shape index (κ3) is 4.63. The van der Waals surface area contributed by atoms with Crippen molar-refractivity contribution in [3.63, 3.8) is 0 Å². The number of hydrogen-bond donors (Lipinski definition) is 0. The van der Waals surface area contributed by atoms with E-state index in [0.29, 0.717) is 30.3 Å². The van der Waals surface area contributed by atoms with Crippen LogP contribution in [0.5, 0.6) is 11.5 Å². The SMILES string of the molecule is COc1c(C)c2c3c(c1OC1OCC(OC)C(OC)C1OC)C(C)CCC3C(C)CC2C=C(C)C. The monoisotopic (exact) mass is 488 g/mol. The summed E-state index contributed by atoms with van der Waals surface area (Å²) in [6.07, 6.45) is 4.40. The Bertz CT molecular complexity index is 936. The highest BCUT2D eigenvalue weighted by Crippen LogP contribution is 2.58. The van der Waals surface area contributed by atoms with Crippen LogP contribution in [-0.2, 0) is 18.9 Å². The molecule has 8 atom stereocenters. The molecule has 0 saturated carbocycles. The summed E-state index contributed by atoms with van der Waals surface area (Å²) in [5.74, 6) is 3.55. The zero-order valence-electron chi connectivity index (χ0n) is 23.0. The van der Waals surface area contributed by atoms with Crippen LogP contribution in [-0.4, -0.2) is 59.6 Å². The van der Waals surface area contributed by atoms with Crippen LogP contribution in [0.15, 0.2) is 11.6 Å². The van der Waals surface area contributed by atoms with Gasteiger partial charge in [0, 0.05) is 32.8 Å². The standard InChI is InChI=1S/C29H44O6/c1-15(2)12-19-13-17(4)20-11-10-16(3)22-24(20)23(19)18(5)25(31-7)27(22)35-29-28(33-9)26(32-8)21(30-6)14-34-29/h12,16-17,19-21,26,28-29H,10-11,13-14H2,1-9H3. The molecule has 1 aromatic rings. The van der Waals surface area contributed by atoms with Crippen LogP contribution < -0.4 is 9.47 Å². The molecule has 0 N–H and O–H groups in total. The molecular formula is C29H44O6. The molecule has 196 valence electrons. The molecule has 6 heteroatoms. The highest BCUT2D eigenvalue weighted by Gasteiger charge is 2.46. The number of benzene rings is 1. The normalized spacial score (nSPS) is 34.2. The fourth-order valence-corrected chi connectivity index (χ4v) is 6.83. The molecule has 0 bridgehead atoms. The molecule has 3 aliphatic rings. The first kappa shape index (κ1) is 26.5. The van der Waals surface area contributed by atoms with Crippen LogP contribution in [0.3, 0.4) is 0 Å². The van der Waals surface area contributed by atoms with E-state index >= 15 is 0 Å². The van der Waals surface area contributed by atoms with Gasteiger partial charge in [-0.15, -0.1) is 0 Å². The third-order valence-corrected chi connectivity index (χ3v) is 8.44.